The highest BCUT2D eigenvalue weighted by Gasteiger charge is 2.14. The number of esters is 1. The monoisotopic (exact) mass is 447 g/mol. The maximum Gasteiger partial charge on any atom is 0.338 e. The molecule has 29 heavy (non-hydrogen) atoms. The molecule has 0 aliphatic rings. The normalized spacial score (nSPS) is 10.8. The van der Waals surface area contributed by atoms with Gasteiger partial charge in [0.05, 0.1) is 21.3 Å². The Morgan fingerprint density at radius 1 is 1.14 bits per heavy atom. The number of carbonyl (C=O) groups excluding carboxylic acids is 2. The molecule has 0 unspecified atom stereocenters. The van der Waals surface area contributed by atoms with Crippen LogP contribution >= 0.6 is 34.5 Å². The maximum absolute atomic E-state index is 12.1. The van der Waals surface area contributed by atoms with Gasteiger partial charge in [-0.25, -0.2) is 14.8 Å². The van der Waals surface area contributed by atoms with Crippen LogP contribution in [0.2, 0.25) is 10.0 Å². The van der Waals surface area contributed by atoms with Crippen molar-refractivity contribution in [1.82, 2.24) is 9.97 Å². The highest BCUT2D eigenvalue weighted by atomic mass is 35.5. The summed E-state index contributed by atoms with van der Waals surface area (Å²) in [5, 5.41) is 5.60. The molecule has 1 N–H and O–H groups in total. The SMILES string of the molecule is O=C(COC(=O)c1ccc2ncoc2c1)Nc1nc(-c2ccc(Cl)c(Cl)c2)cs1. The number of rotatable bonds is 5. The van der Waals surface area contributed by atoms with E-state index in [2.05, 4.69) is 15.3 Å². The number of hydrogen-bond donors (Lipinski definition) is 1. The van der Waals surface area contributed by atoms with E-state index in [-0.39, 0.29) is 5.56 Å². The molecule has 4 rings (SSSR count). The quantitative estimate of drug-likeness (QED) is 0.430. The molecule has 2 aromatic heterocycles. The zero-order chi connectivity index (χ0) is 20.4. The summed E-state index contributed by atoms with van der Waals surface area (Å²) in [4.78, 5) is 32.5. The number of benzene rings is 2. The molecule has 0 atom stereocenters. The maximum atomic E-state index is 12.1. The minimum absolute atomic E-state index is 0.262. The molecule has 4 aromatic rings. The number of nitrogens with one attached hydrogen (secondary N) is 1. The van der Waals surface area contributed by atoms with Crippen molar-refractivity contribution in [2.24, 2.45) is 0 Å². The average Bonchev–Trinajstić information content (AvgIpc) is 3.37. The fraction of sp³-hybridized carbons (Fsp3) is 0.0526. The zero-order valence-corrected chi connectivity index (χ0v) is 16.8. The molecule has 0 spiro atoms. The van der Waals surface area contributed by atoms with Gasteiger partial charge < -0.3 is 9.15 Å². The third-order valence-corrected chi connectivity index (χ3v) is 5.36. The van der Waals surface area contributed by atoms with E-state index in [1.165, 1.54) is 23.8 Å². The van der Waals surface area contributed by atoms with Gasteiger partial charge in [0.15, 0.2) is 23.7 Å². The number of thiazole rings is 1. The van der Waals surface area contributed by atoms with E-state index in [9.17, 15) is 9.59 Å². The van der Waals surface area contributed by atoms with Crippen molar-refractivity contribution in [2.75, 3.05) is 11.9 Å². The predicted molar refractivity (Wildman–Crippen MR) is 110 cm³/mol. The molecule has 0 bridgehead atoms. The Balaban J connectivity index is 1.35. The Bertz CT molecular complexity index is 1220. The molecule has 0 aliphatic carbocycles. The molecule has 0 saturated heterocycles. The van der Waals surface area contributed by atoms with Crippen LogP contribution in [0.15, 0.2) is 52.6 Å². The third-order valence-electron chi connectivity index (χ3n) is 3.87. The molecular weight excluding hydrogens is 437 g/mol. The van der Waals surface area contributed by atoms with Crippen LogP contribution in [0.5, 0.6) is 0 Å². The summed E-state index contributed by atoms with van der Waals surface area (Å²) in [5.74, 6) is -1.15. The second-order valence-electron chi connectivity index (χ2n) is 5.83. The average molecular weight is 448 g/mol. The van der Waals surface area contributed by atoms with Crippen molar-refractivity contribution < 1.29 is 18.7 Å². The van der Waals surface area contributed by atoms with E-state index in [1.54, 1.807) is 35.7 Å². The van der Waals surface area contributed by atoms with Crippen LogP contribution in [0.3, 0.4) is 0 Å². The minimum atomic E-state index is -0.644. The van der Waals surface area contributed by atoms with Crippen molar-refractivity contribution in [3.8, 4) is 11.3 Å². The van der Waals surface area contributed by atoms with Crippen LogP contribution < -0.4 is 5.32 Å². The van der Waals surface area contributed by atoms with E-state index in [4.69, 9.17) is 32.4 Å². The molecule has 2 aromatic carbocycles. The molecule has 0 fully saturated rings. The molecule has 146 valence electrons. The number of aromatic nitrogens is 2. The number of anilines is 1. The lowest BCUT2D eigenvalue weighted by Crippen LogP contribution is -2.20. The highest BCUT2D eigenvalue weighted by Crippen LogP contribution is 2.30. The van der Waals surface area contributed by atoms with Gasteiger partial charge in [-0.1, -0.05) is 29.3 Å². The molecular formula is C19H11Cl2N3O4S. The topological polar surface area (TPSA) is 94.3 Å². The van der Waals surface area contributed by atoms with Crippen molar-refractivity contribution in [1.29, 1.82) is 0 Å². The first-order valence-corrected chi connectivity index (χ1v) is 9.84. The Kier molecular flexibility index (Phi) is 5.48. The number of halogens is 2. The molecule has 0 radical (unpaired) electrons. The van der Waals surface area contributed by atoms with Crippen molar-refractivity contribution in [2.45, 2.75) is 0 Å². The molecule has 10 heteroatoms. The second kappa shape index (κ2) is 8.20. The summed E-state index contributed by atoms with van der Waals surface area (Å²) in [6, 6.07) is 9.84. The van der Waals surface area contributed by atoms with E-state index in [1.807, 2.05) is 0 Å². The second-order valence-corrected chi connectivity index (χ2v) is 7.50. The Hall–Kier alpha value is -2.94. The summed E-state index contributed by atoms with van der Waals surface area (Å²) in [7, 11) is 0. The van der Waals surface area contributed by atoms with Gasteiger partial charge in [-0.2, -0.15) is 0 Å². The fourth-order valence-corrected chi connectivity index (χ4v) is 3.50. The van der Waals surface area contributed by atoms with Crippen molar-refractivity contribution in [3.63, 3.8) is 0 Å². The Labute approximate surface area is 178 Å². The van der Waals surface area contributed by atoms with E-state index >= 15 is 0 Å². The van der Waals surface area contributed by atoms with Crippen LogP contribution in [0, 0.1) is 0 Å². The summed E-state index contributed by atoms with van der Waals surface area (Å²) in [6.45, 7) is -0.449. The molecule has 1 amide bonds. The van der Waals surface area contributed by atoms with Gasteiger partial charge in [0.25, 0.3) is 5.91 Å². The van der Waals surface area contributed by atoms with E-state index < -0.39 is 18.5 Å². The lowest BCUT2D eigenvalue weighted by Gasteiger charge is -2.04. The smallest absolute Gasteiger partial charge is 0.338 e. The summed E-state index contributed by atoms with van der Waals surface area (Å²) in [5.41, 5.74) is 2.76. The molecule has 0 saturated carbocycles. The van der Waals surface area contributed by atoms with Gasteiger partial charge in [0, 0.05) is 10.9 Å². The van der Waals surface area contributed by atoms with Crippen molar-refractivity contribution >= 4 is 62.6 Å². The van der Waals surface area contributed by atoms with Crippen LogP contribution in [0.4, 0.5) is 5.13 Å². The number of fused-ring (bicyclic) bond motifs is 1. The number of ether oxygens (including phenoxy) is 1. The zero-order valence-electron chi connectivity index (χ0n) is 14.5. The van der Waals surface area contributed by atoms with Gasteiger partial charge in [0.2, 0.25) is 0 Å². The number of nitrogens with zero attached hydrogens (tertiary/aromatic N) is 2. The third kappa shape index (κ3) is 4.40. The summed E-state index contributed by atoms with van der Waals surface area (Å²) >= 11 is 13.2. The number of carbonyl (C=O) groups is 2. The number of hydrogen-bond acceptors (Lipinski definition) is 7. The van der Waals surface area contributed by atoms with E-state index in [0.717, 1.165) is 5.56 Å². The summed E-state index contributed by atoms with van der Waals surface area (Å²) in [6.07, 6.45) is 1.29. The molecule has 2 heterocycles. The largest absolute Gasteiger partial charge is 0.452 e. The lowest BCUT2D eigenvalue weighted by atomic mass is 10.2. The standard InChI is InChI=1S/C19H11Cl2N3O4S/c20-12-3-1-10(5-13(12)21)15-8-29-19(23-15)24-17(25)7-27-18(26)11-2-4-14-16(6-11)28-9-22-14/h1-6,8-9H,7H2,(H,23,24,25). The van der Waals surface area contributed by atoms with Crippen LogP contribution in [0.1, 0.15) is 10.4 Å². The highest BCUT2D eigenvalue weighted by molar-refractivity contribution is 7.14. The van der Waals surface area contributed by atoms with Gasteiger partial charge in [0.1, 0.15) is 5.52 Å². The molecule has 7 nitrogen and oxygen atoms in total. The van der Waals surface area contributed by atoms with Crippen LogP contribution in [-0.4, -0.2) is 28.5 Å². The van der Waals surface area contributed by atoms with Crippen molar-refractivity contribution in [3.05, 3.63) is 63.8 Å². The van der Waals surface area contributed by atoms with Gasteiger partial charge in [-0.15, -0.1) is 11.3 Å². The first kappa shape index (κ1) is 19.4. The first-order chi connectivity index (χ1) is 14.0. The molecule has 0 aliphatic heterocycles. The first-order valence-electron chi connectivity index (χ1n) is 8.21. The number of oxazole rings is 1. The fourth-order valence-electron chi connectivity index (χ4n) is 2.47. The van der Waals surface area contributed by atoms with Gasteiger partial charge in [-0.05, 0) is 30.3 Å². The van der Waals surface area contributed by atoms with E-state index in [0.29, 0.717) is 32.0 Å². The predicted octanol–water partition coefficient (Wildman–Crippen LogP) is 5.05. The van der Waals surface area contributed by atoms with Gasteiger partial charge >= 0.3 is 5.97 Å². The van der Waals surface area contributed by atoms with Gasteiger partial charge in [-0.3, -0.25) is 10.1 Å². The number of amides is 1. The Morgan fingerprint density at radius 3 is 2.83 bits per heavy atom. The summed E-state index contributed by atoms with van der Waals surface area (Å²) < 4.78 is 10.2. The van der Waals surface area contributed by atoms with Crippen LogP contribution in [0.25, 0.3) is 22.4 Å². The lowest BCUT2D eigenvalue weighted by molar-refractivity contribution is -0.119. The van der Waals surface area contributed by atoms with Crippen LogP contribution in [-0.2, 0) is 9.53 Å². The Morgan fingerprint density at radius 2 is 2.00 bits per heavy atom. The minimum Gasteiger partial charge on any atom is -0.452 e.